The van der Waals surface area contributed by atoms with Crippen LogP contribution in [0.1, 0.15) is 18.7 Å². The summed E-state index contributed by atoms with van der Waals surface area (Å²) in [6, 6.07) is 0.306. The van der Waals surface area contributed by atoms with Crippen molar-refractivity contribution in [3.05, 3.63) is 5.82 Å². The third-order valence-corrected chi connectivity index (χ3v) is 2.46. The van der Waals surface area contributed by atoms with E-state index in [1.807, 2.05) is 0 Å². The number of nitrogens with two attached hydrogens (primary N) is 1. The quantitative estimate of drug-likeness (QED) is 0.666. The van der Waals surface area contributed by atoms with E-state index in [4.69, 9.17) is 5.73 Å². The summed E-state index contributed by atoms with van der Waals surface area (Å²) in [5.74, 6) is 0.779. The summed E-state index contributed by atoms with van der Waals surface area (Å²) in [5, 5.41) is 11.9. The van der Waals surface area contributed by atoms with Gasteiger partial charge in [-0.2, -0.15) is 4.80 Å². The first-order valence-electron chi connectivity index (χ1n) is 4.95. The van der Waals surface area contributed by atoms with Crippen LogP contribution in [0.2, 0.25) is 0 Å². The zero-order valence-electron chi connectivity index (χ0n) is 8.43. The number of piperidine rings is 1. The van der Waals surface area contributed by atoms with Crippen molar-refractivity contribution >= 4 is 0 Å². The number of hydrogen-bond acceptors (Lipinski definition) is 5. The van der Waals surface area contributed by atoms with Gasteiger partial charge in [-0.05, 0) is 24.6 Å². The first-order valence-corrected chi connectivity index (χ1v) is 4.95. The average Bonchev–Trinajstić information content (AvgIpc) is 2.51. The van der Waals surface area contributed by atoms with Crippen molar-refractivity contribution in [2.75, 3.05) is 13.1 Å². The van der Waals surface area contributed by atoms with E-state index in [-0.39, 0.29) is 0 Å². The first-order chi connectivity index (χ1) is 6.74. The Morgan fingerprint density at radius 2 is 2.43 bits per heavy atom. The monoisotopic (exact) mass is 196 g/mol. The predicted molar refractivity (Wildman–Crippen MR) is 51.3 cm³/mol. The number of aryl methyl sites for hydroxylation is 1. The fourth-order valence-electron chi connectivity index (χ4n) is 1.82. The topological polar surface area (TPSA) is 72.9 Å². The molecular formula is C8H16N6. The zero-order chi connectivity index (χ0) is 9.97. The predicted octanol–water partition coefficient (Wildman–Crippen LogP) is -0.867. The van der Waals surface area contributed by atoms with E-state index in [1.54, 1.807) is 7.05 Å². The van der Waals surface area contributed by atoms with Gasteiger partial charge in [0.2, 0.25) is 0 Å². The second-order valence-electron chi connectivity index (χ2n) is 3.83. The molecule has 1 saturated heterocycles. The van der Waals surface area contributed by atoms with Crippen molar-refractivity contribution in [2.45, 2.75) is 25.4 Å². The highest BCUT2D eigenvalue weighted by Gasteiger charge is 2.17. The lowest BCUT2D eigenvalue weighted by Gasteiger charge is -2.29. The Bertz CT molecular complexity index is 296. The molecule has 6 nitrogen and oxygen atoms in total. The molecule has 1 aliphatic rings. The van der Waals surface area contributed by atoms with E-state index >= 15 is 0 Å². The Hall–Kier alpha value is -1.01. The molecular weight excluding hydrogens is 180 g/mol. The molecule has 2 rings (SSSR count). The highest BCUT2D eigenvalue weighted by molar-refractivity contribution is 4.81. The molecule has 1 fully saturated rings. The van der Waals surface area contributed by atoms with Crippen molar-refractivity contribution in [1.29, 1.82) is 0 Å². The van der Waals surface area contributed by atoms with Gasteiger partial charge >= 0.3 is 0 Å². The van der Waals surface area contributed by atoms with Crippen molar-refractivity contribution < 1.29 is 0 Å². The third-order valence-electron chi connectivity index (χ3n) is 2.46. The second-order valence-corrected chi connectivity index (χ2v) is 3.83. The van der Waals surface area contributed by atoms with Gasteiger partial charge in [-0.3, -0.25) is 4.90 Å². The molecule has 78 valence electrons. The molecule has 2 heterocycles. The molecule has 14 heavy (non-hydrogen) atoms. The maximum Gasteiger partial charge on any atom is 0.188 e. The minimum atomic E-state index is 0.306. The molecule has 0 unspecified atom stereocenters. The van der Waals surface area contributed by atoms with Gasteiger partial charge in [0.1, 0.15) is 0 Å². The molecule has 0 aliphatic carbocycles. The number of hydrogen-bond donors (Lipinski definition) is 1. The Labute approximate surface area is 83.1 Å². The van der Waals surface area contributed by atoms with E-state index in [2.05, 4.69) is 20.3 Å². The number of likely N-dealkylation sites (tertiary alicyclic amines) is 1. The van der Waals surface area contributed by atoms with E-state index in [9.17, 15) is 0 Å². The van der Waals surface area contributed by atoms with Gasteiger partial charge in [0.15, 0.2) is 5.82 Å². The molecule has 0 radical (unpaired) electrons. The number of tetrazole rings is 1. The molecule has 0 amide bonds. The Morgan fingerprint density at radius 3 is 3.07 bits per heavy atom. The number of aromatic nitrogens is 4. The zero-order valence-corrected chi connectivity index (χ0v) is 8.43. The highest BCUT2D eigenvalue weighted by atomic mass is 15.6. The Morgan fingerprint density at radius 1 is 1.57 bits per heavy atom. The molecule has 1 atom stereocenters. The van der Waals surface area contributed by atoms with Gasteiger partial charge in [0.25, 0.3) is 0 Å². The van der Waals surface area contributed by atoms with Crippen molar-refractivity contribution in [3.8, 4) is 0 Å². The van der Waals surface area contributed by atoms with Crippen LogP contribution in [-0.4, -0.2) is 44.2 Å². The van der Waals surface area contributed by atoms with Crippen LogP contribution in [0.4, 0.5) is 0 Å². The fraction of sp³-hybridized carbons (Fsp3) is 0.875. The Kier molecular flexibility index (Phi) is 2.74. The normalized spacial score (nSPS) is 24.0. The SMILES string of the molecule is Cn1nnc(CN2CCC[C@@H](N)C2)n1. The summed E-state index contributed by atoms with van der Waals surface area (Å²) in [4.78, 5) is 3.77. The summed E-state index contributed by atoms with van der Waals surface area (Å²) in [6.07, 6.45) is 2.30. The van der Waals surface area contributed by atoms with Crippen LogP contribution in [0.25, 0.3) is 0 Å². The van der Waals surface area contributed by atoms with E-state index in [0.717, 1.165) is 31.9 Å². The van der Waals surface area contributed by atoms with Gasteiger partial charge in [-0.25, -0.2) is 0 Å². The summed E-state index contributed by atoms with van der Waals surface area (Å²) in [7, 11) is 1.78. The first kappa shape index (κ1) is 9.54. The second kappa shape index (κ2) is 4.02. The molecule has 1 aliphatic heterocycles. The van der Waals surface area contributed by atoms with Crippen LogP contribution >= 0.6 is 0 Å². The maximum absolute atomic E-state index is 5.88. The molecule has 1 aromatic rings. The van der Waals surface area contributed by atoms with Crippen LogP contribution in [0, 0.1) is 0 Å². The van der Waals surface area contributed by atoms with E-state index in [0.29, 0.717) is 6.04 Å². The minimum Gasteiger partial charge on any atom is -0.327 e. The molecule has 0 bridgehead atoms. The fourth-order valence-corrected chi connectivity index (χ4v) is 1.82. The van der Waals surface area contributed by atoms with E-state index < -0.39 is 0 Å². The lowest BCUT2D eigenvalue weighted by Crippen LogP contribution is -2.42. The van der Waals surface area contributed by atoms with Crippen LogP contribution in [0.15, 0.2) is 0 Å². The smallest absolute Gasteiger partial charge is 0.188 e. The van der Waals surface area contributed by atoms with Crippen LogP contribution in [-0.2, 0) is 13.6 Å². The summed E-state index contributed by atoms with van der Waals surface area (Å²) in [6.45, 7) is 2.80. The maximum atomic E-state index is 5.88. The number of nitrogens with zero attached hydrogens (tertiary/aromatic N) is 5. The average molecular weight is 196 g/mol. The number of rotatable bonds is 2. The van der Waals surface area contributed by atoms with Crippen molar-refractivity contribution in [2.24, 2.45) is 12.8 Å². The lowest BCUT2D eigenvalue weighted by atomic mass is 10.1. The molecule has 0 saturated carbocycles. The molecule has 0 spiro atoms. The Balaban J connectivity index is 1.90. The van der Waals surface area contributed by atoms with Crippen LogP contribution in [0.3, 0.4) is 0 Å². The minimum absolute atomic E-state index is 0.306. The summed E-state index contributed by atoms with van der Waals surface area (Å²) in [5.41, 5.74) is 5.88. The largest absolute Gasteiger partial charge is 0.327 e. The molecule has 2 N–H and O–H groups in total. The molecule has 6 heteroatoms. The van der Waals surface area contributed by atoms with Crippen molar-refractivity contribution in [3.63, 3.8) is 0 Å². The van der Waals surface area contributed by atoms with E-state index in [1.165, 1.54) is 11.2 Å². The summed E-state index contributed by atoms with van der Waals surface area (Å²) < 4.78 is 0. The van der Waals surface area contributed by atoms with Crippen LogP contribution in [0.5, 0.6) is 0 Å². The van der Waals surface area contributed by atoms with Gasteiger partial charge in [-0.1, -0.05) is 0 Å². The van der Waals surface area contributed by atoms with Crippen molar-refractivity contribution in [1.82, 2.24) is 25.1 Å². The van der Waals surface area contributed by atoms with Gasteiger partial charge in [0.05, 0.1) is 13.6 Å². The lowest BCUT2D eigenvalue weighted by molar-refractivity contribution is 0.197. The summed E-state index contributed by atoms with van der Waals surface area (Å²) >= 11 is 0. The molecule has 0 aromatic carbocycles. The molecule has 1 aromatic heterocycles. The van der Waals surface area contributed by atoms with Gasteiger partial charge in [-0.15, -0.1) is 10.2 Å². The van der Waals surface area contributed by atoms with Crippen LogP contribution < -0.4 is 5.73 Å². The highest BCUT2D eigenvalue weighted by Crippen LogP contribution is 2.09. The third kappa shape index (κ3) is 2.27. The van der Waals surface area contributed by atoms with Gasteiger partial charge < -0.3 is 5.73 Å². The van der Waals surface area contributed by atoms with Gasteiger partial charge in [0, 0.05) is 12.6 Å². The standard InChI is InChI=1S/C8H16N6/c1-13-11-8(10-12-13)6-14-4-2-3-7(9)5-14/h7H,2-6,9H2,1H3/t7-/m1/s1.